The van der Waals surface area contributed by atoms with E-state index in [0.29, 0.717) is 12.3 Å². The summed E-state index contributed by atoms with van der Waals surface area (Å²) in [6, 6.07) is 11.8. The highest BCUT2D eigenvalue weighted by Crippen LogP contribution is 2.26. The molecule has 2 N–H and O–H groups in total. The predicted octanol–water partition coefficient (Wildman–Crippen LogP) is 2.65. The standard InChI is InChI=1S/C13H15NO/c1-2-14-9-12-11-6-4-3-5-10(11)7-8-13(12)15/h3-8,14-15H,2,9H2,1H3. The SMILES string of the molecule is CCNCc1c(O)ccc2ccccc12. The third-order valence-electron chi connectivity index (χ3n) is 2.57. The molecule has 0 aliphatic rings. The highest BCUT2D eigenvalue weighted by molar-refractivity contribution is 5.87. The van der Waals surface area contributed by atoms with E-state index < -0.39 is 0 Å². The van der Waals surface area contributed by atoms with E-state index in [9.17, 15) is 5.11 Å². The number of hydrogen-bond acceptors (Lipinski definition) is 2. The number of phenols is 1. The maximum absolute atomic E-state index is 9.80. The number of phenolic OH excluding ortho intramolecular Hbond substituents is 1. The van der Waals surface area contributed by atoms with Crippen molar-refractivity contribution >= 4 is 10.8 Å². The van der Waals surface area contributed by atoms with Crippen LogP contribution < -0.4 is 5.32 Å². The quantitative estimate of drug-likeness (QED) is 0.800. The van der Waals surface area contributed by atoms with Crippen LogP contribution in [-0.4, -0.2) is 11.7 Å². The molecular formula is C13H15NO. The van der Waals surface area contributed by atoms with Gasteiger partial charge >= 0.3 is 0 Å². The minimum absolute atomic E-state index is 0.370. The summed E-state index contributed by atoms with van der Waals surface area (Å²) in [6.45, 7) is 3.68. The van der Waals surface area contributed by atoms with Gasteiger partial charge in [-0.05, 0) is 23.4 Å². The van der Waals surface area contributed by atoms with E-state index in [1.165, 1.54) is 5.39 Å². The van der Waals surface area contributed by atoms with E-state index in [-0.39, 0.29) is 0 Å². The van der Waals surface area contributed by atoms with E-state index in [0.717, 1.165) is 17.5 Å². The fourth-order valence-corrected chi connectivity index (χ4v) is 1.76. The van der Waals surface area contributed by atoms with E-state index in [1.54, 1.807) is 6.07 Å². The second-order valence-electron chi connectivity index (χ2n) is 3.56. The van der Waals surface area contributed by atoms with Crippen molar-refractivity contribution in [2.75, 3.05) is 6.54 Å². The molecule has 0 fully saturated rings. The van der Waals surface area contributed by atoms with Crippen LogP contribution >= 0.6 is 0 Å². The van der Waals surface area contributed by atoms with Gasteiger partial charge in [-0.3, -0.25) is 0 Å². The van der Waals surface area contributed by atoms with Crippen LogP contribution in [0.5, 0.6) is 5.75 Å². The lowest BCUT2D eigenvalue weighted by Gasteiger charge is -2.09. The highest BCUT2D eigenvalue weighted by atomic mass is 16.3. The topological polar surface area (TPSA) is 32.3 Å². The van der Waals surface area contributed by atoms with Gasteiger partial charge in [-0.25, -0.2) is 0 Å². The molecule has 15 heavy (non-hydrogen) atoms. The van der Waals surface area contributed by atoms with Crippen LogP contribution in [-0.2, 0) is 6.54 Å². The van der Waals surface area contributed by atoms with E-state index in [1.807, 2.05) is 24.3 Å². The van der Waals surface area contributed by atoms with Gasteiger partial charge in [0.25, 0.3) is 0 Å². The number of fused-ring (bicyclic) bond motifs is 1. The van der Waals surface area contributed by atoms with Crippen molar-refractivity contribution in [3.8, 4) is 5.75 Å². The van der Waals surface area contributed by atoms with Gasteiger partial charge in [-0.1, -0.05) is 37.3 Å². The fraction of sp³-hybridized carbons (Fsp3) is 0.231. The van der Waals surface area contributed by atoms with E-state index >= 15 is 0 Å². The summed E-state index contributed by atoms with van der Waals surface area (Å²) in [5, 5.41) is 15.3. The summed E-state index contributed by atoms with van der Waals surface area (Å²) >= 11 is 0. The molecule has 2 heteroatoms. The van der Waals surface area contributed by atoms with Crippen LogP contribution in [0.3, 0.4) is 0 Å². The second kappa shape index (κ2) is 4.32. The van der Waals surface area contributed by atoms with Crippen LogP contribution in [0.4, 0.5) is 0 Å². The number of nitrogens with one attached hydrogen (secondary N) is 1. The van der Waals surface area contributed by atoms with Gasteiger partial charge in [-0.2, -0.15) is 0 Å². The molecule has 0 saturated heterocycles. The second-order valence-corrected chi connectivity index (χ2v) is 3.56. The monoisotopic (exact) mass is 201 g/mol. The summed E-state index contributed by atoms with van der Waals surface area (Å²) in [4.78, 5) is 0. The summed E-state index contributed by atoms with van der Waals surface area (Å²) in [7, 11) is 0. The largest absolute Gasteiger partial charge is 0.508 e. The molecule has 0 radical (unpaired) electrons. The molecule has 0 saturated carbocycles. The molecule has 2 aromatic carbocycles. The molecule has 0 spiro atoms. The molecule has 78 valence electrons. The Balaban J connectivity index is 2.53. The van der Waals surface area contributed by atoms with Gasteiger partial charge in [0, 0.05) is 12.1 Å². The predicted molar refractivity (Wildman–Crippen MR) is 63.0 cm³/mol. The van der Waals surface area contributed by atoms with Gasteiger partial charge in [0.1, 0.15) is 5.75 Å². The molecule has 0 atom stereocenters. The van der Waals surface area contributed by atoms with Crippen LogP contribution in [0, 0.1) is 0 Å². The Morgan fingerprint density at radius 2 is 1.93 bits per heavy atom. The van der Waals surface area contributed by atoms with Gasteiger partial charge in [0.2, 0.25) is 0 Å². The molecule has 2 nitrogen and oxygen atoms in total. The maximum Gasteiger partial charge on any atom is 0.120 e. The van der Waals surface area contributed by atoms with Gasteiger partial charge < -0.3 is 10.4 Å². The molecule has 0 aliphatic carbocycles. The lowest BCUT2D eigenvalue weighted by molar-refractivity contribution is 0.466. The lowest BCUT2D eigenvalue weighted by Crippen LogP contribution is -2.12. The van der Waals surface area contributed by atoms with Gasteiger partial charge in [-0.15, -0.1) is 0 Å². The molecule has 0 amide bonds. The Bertz CT molecular complexity index is 465. The van der Waals surface area contributed by atoms with Crippen molar-refractivity contribution in [3.63, 3.8) is 0 Å². The number of rotatable bonds is 3. The Labute approximate surface area is 89.6 Å². The molecule has 2 rings (SSSR count). The normalized spacial score (nSPS) is 10.7. The van der Waals surface area contributed by atoms with Crippen LogP contribution in [0.15, 0.2) is 36.4 Å². The summed E-state index contributed by atoms with van der Waals surface area (Å²) in [6.07, 6.45) is 0. The van der Waals surface area contributed by atoms with Crippen molar-refractivity contribution in [2.24, 2.45) is 0 Å². The molecular weight excluding hydrogens is 186 g/mol. The highest BCUT2D eigenvalue weighted by Gasteiger charge is 2.05. The fourth-order valence-electron chi connectivity index (χ4n) is 1.76. The van der Waals surface area contributed by atoms with Crippen LogP contribution in [0.2, 0.25) is 0 Å². The third kappa shape index (κ3) is 1.95. The molecule has 0 bridgehead atoms. The van der Waals surface area contributed by atoms with Crippen molar-refractivity contribution in [1.29, 1.82) is 0 Å². The lowest BCUT2D eigenvalue weighted by atomic mass is 10.0. The average Bonchev–Trinajstić information content (AvgIpc) is 2.28. The third-order valence-corrected chi connectivity index (χ3v) is 2.57. The van der Waals surface area contributed by atoms with Crippen LogP contribution in [0.25, 0.3) is 10.8 Å². The first-order valence-electron chi connectivity index (χ1n) is 5.23. The smallest absolute Gasteiger partial charge is 0.120 e. The van der Waals surface area contributed by atoms with Crippen molar-refractivity contribution in [1.82, 2.24) is 5.32 Å². The molecule has 0 aromatic heterocycles. The first kappa shape index (κ1) is 9.99. The van der Waals surface area contributed by atoms with Crippen molar-refractivity contribution in [3.05, 3.63) is 42.0 Å². The van der Waals surface area contributed by atoms with Crippen molar-refractivity contribution < 1.29 is 5.11 Å². The summed E-state index contributed by atoms with van der Waals surface area (Å²) in [5.41, 5.74) is 0.981. The first-order valence-corrected chi connectivity index (χ1v) is 5.23. The minimum atomic E-state index is 0.370. The zero-order chi connectivity index (χ0) is 10.7. The van der Waals surface area contributed by atoms with Crippen molar-refractivity contribution in [2.45, 2.75) is 13.5 Å². The number of benzene rings is 2. The molecule has 0 unspecified atom stereocenters. The first-order chi connectivity index (χ1) is 7.33. The Morgan fingerprint density at radius 3 is 2.73 bits per heavy atom. The number of hydrogen-bond donors (Lipinski definition) is 2. The summed E-state index contributed by atoms with van der Waals surface area (Å²) < 4.78 is 0. The minimum Gasteiger partial charge on any atom is -0.508 e. The molecule has 0 heterocycles. The van der Waals surface area contributed by atoms with Gasteiger partial charge in [0.15, 0.2) is 0 Å². The maximum atomic E-state index is 9.80. The number of aromatic hydroxyl groups is 1. The Kier molecular flexibility index (Phi) is 2.88. The molecule has 0 aliphatic heterocycles. The zero-order valence-electron chi connectivity index (χ0n) is 8.83. The Hall–Kier alpha value is -1.54. The Morgan fingerprint density at radius 1 is 1.13 bits per heavy atom. The van der Waals surface area contributed by atoms with Crippen LogP contribution in [0.1, 0.15) is 12.5 Å². The summed E-state index contributed by atoms with van der Waals surface area (Å²) in [5.74, 6) is 0.370. The molecule has 2 aromatic rings. The van der Waals surface area contributed by atoms with E-state index in [2.05, 4.69) is 18.3 Å². The average molecular weight is 201 g/mol. The van der Waals surface area contributed by atoms with E-state index in [4.69, 9.17) is 0 Å². The van der Waals surface area contributed by atoms with Gasteiger partial charge in [0.05, 0.1) is 0 Å². The zero-order valence-corrected chi connectivity index (χ0v) is 8.83.